The van der Waals surface area contributed by atoms with Gasteiger partial charge in [0.2, 0.25) is 0 Å². The van der Waals surface area contributed by atoms with Gasteiger partial charge in [-0.05, 0) is 137 Å². The van der Waals surface area contributed by atoms with E-state index in [1.54, 1.807) is 0 Å². The molecule has 0 aliphatic rings. The highest BCUT2D eigenvalue weighted by molar-refractivity contribution is 6.14. The fourth-order valence-corrected chi connectivity index (χ4v) is 10.5. The Labute approximate surface area is 381 Å². The average molecular weight is 849 g/mol. The predicted octanol–water partition coefficient (Wildman–Crippen LogP) is 15.1. The standard InChI is InChI=1S/C60H44N6/c1-37-23-29-51-45(33-37)46-34-38(2)24-30-52(46)65(51)57-43(59-61-49-19-11-13-21-55(49)63(59)41-15-7-5-8-16-41)27-28-44(60-62-50-20-12-14-22-56(50)64(60)42-17-9-6-10-18-42)58(57)66-53-31-25-39(3)35-47(53)48-36-40(4)26-32-54(48)66/h5-36H,1-4H3. The zero-order valence-electron chi connectivity index (χ0n) is 37.2. The number of hydrogen-bond acceptors (Lipinski definition) is 2. The Hall–Kier alpha value is -8.48. The molecule has 0 amide bonds. The van der Waals surface area contributed by atoms with Crippen molar-refractivity contribution in [2.45, 2.75) is 27.7 Å². The summed E-state index contributed by atoms with van der Waals surface area (Å²) in [5.74, 6) is 1.70. The molecule has 13 aromatic rings. The van der Waals surface area contributed by atoms with Crippen molar-refractivity contribution in [1.82, 2.24) is 28.2 Å². The van der Waals surface area contributed by atoms with Gasteiger partial charge in [-0.3, -0.25) is 9.13 Å². The molecule has 0 aliphatic heterocycles. The van der Waals surface area contributed by atoms with Crippen molar-refractivity contribution in [1.29, 1.82) is 0 Å². The Balaban J connectivity index is 1.31. The quantitative estimate of drug-likeness (QED) is 0.167. The summed E-state index contributed by atoms with van der Waals surface area (Å²) in [6, 6.07) is 70.4. The molecule has 13 rings (SSSR count). The van der Waals surface area contributed by atoms with E-state index in [4.69, 9.17) is 9.97 Å². The van der Waals surface area contributed by atoms with Gasteiger partial charge in [0, 0.05) is 44.0 Å². The van der Waals surface area contributed by atoms with Gasteiger partial charge in [0.15, 0.2) is 0 Å². The Kier molecular flexibility index (Phi) is 8.37. The summed E-state index contributed by atoms with van der Waals surface area (Å²) in [5.41, 5.74) is 19.4. The van der Waals surface area contributed by atoms with E-state index in [-0.39, 0.29) is 0 Å². The first kappa shape index (κ1) is 38.0. The molecule has 6 heteroatoms. The maximum Gasteiger partial charge on any atom is 0.147 e. The Morgan fingerprint density at radius 3 is 0.955 bits per heavy atom. The molecule has 0 bridgehead atoms. The maximum absolute atomic E-state index is 5.61. The molecule has 0 fully saturated rings. The lowest BCUT2D eigenvalue weighted by Crippen LogP contribution is -2.11. The van der Waals surface area contributed by atoms with Crippen molar-refractivity contribution in [3.05, 3.63) is 216 Å². The topological polar surface area (TPSA) is 45.5 Å². The first-order valence-electron chi connectivity index (χ1n) is 22.7. The second-order valence-corrected chi connectivity index (χ2v) is 17.8. The first-order valence-corrected chi connectivity index (χ1v) is 22.7. The molecule has 9 aromatic carbocycles. The highest BCUT2D eigenvalue weighted by atomic mass is 15.1. The summed E-state index contributed by atoms with van der Waals surface area (Å²) < 4.78 is 9.69. The van der Waals surface area contributed by atoms with Gasteiger partial charge in [-0.15, -0.1) is 0 Å². The van der Waals surface area contributed by atoms with Gasteiger partial charge in [0.1, 0.15) is 11.6 Å². The Bertz CT molecular complexity index is 3700. The van der Waals surface area contributed by atoms with Crippen molar-refractivity contribution in [3.63, 3.8) is 0 Å². The van der Waals surface area contributed by atoms with E-state index in [1.807, 2.05) is 0 Å². The molecular formula is C60H44N6. The molecule has 0 unspecified atom stereocenters. The lowest BCUT2D eigenvalue weighted by molar-refractivity contribution is 1.05. The lowest BCUT2D eigenvalue weighted by atomic mass is 10.0. The third kappa shape index (κ3) is 5.68. The van der Waals surface area contributed by atoms with Crippen LogP contribution in [0.1, 0.15) is 22.3 Å². The van der Waals surface area contributed by atoms with E-state index < -0.39 is 0 Å². The van der Waals surface area contributed by atoms with Crippen LogP contribution in [0, 0.1) is 27.7 Å². The molecule has 0 N–H and O–H groups in total. The summed E-state index contributed by atoms with van der Waals surface area (Å²) in [4.78, 5) is 11.2. The number of aromatic nitrogens is 6. The monoisotopic (exact) mass is 848 g/mol. The third-order valence-corrected chi connectivity index (χ3v) is 13.4. The van der Waals surface area contributed by atoms with Crippen molar-refractivity contribution in [3.8, 4) is 45.5 Å². The van der Waals surface area contributed by atoms with Crippen LogP contribution < -0.4 is 0 Å². The van der Waals surface area contributed by atoms with Crippen molar-refractivity contribution >= 4 is 65.7 Å². The number of nitrogens with zero attached hydrogens (tertiary/aromatic N) is 6. The van der Waals surface area contributed by atoms with Crippen LogP contribution in [-0.4, -0.2) is 28.2 Å². The summed E-state index contributed by atoms with van der Waals surface area (Å²) in [5, 5.41) is 4.82. The minimum Gasteiger partial charge on any atom is -0.306 e. The fraction of sp³-hybridized carbons (Fsp3) is 0.0667. The zero-order chi connectivity index (χ0) is 44.2. The number of para-hydroxylation sites is 6. The van der Waals surface area contributed by atoms with Crippen molar-refractivity contribution < 1.29 is 0 Å². The number of benzene rings is 9. The van der Waals surface area contributed by atoms with Crippen LogP contribution in [0.15, 0.2) is 194 Å². The fourth-order valence-electron chi connectivity index (χ4n) is 10.5. The maximum atomic E-state index is 5.61. The van der Waals surface area contributed by atoms with E-state index in [0.717, 1.165) is 89.7 Å². The lowest BCUT2D eigenvalue weighted by Gasteiger charge is -2.24. The predicted molar refractivity (Wildman–Crippen MR) is 274 cm³/mol. The van der Waals surface area contributed by atoms with Crippen LogP contribution >= 0.6 is 0 Å². The van der Waals surface area contributed by atoms with Crippen LogP contribution in [-0.2, 0) is 0 Å². The highest BCUT2D eigenvalue weighted by Crippen LogP contribution is 2.47. The van der Waals surface area contributed by atoms with Gasteiger partial charge >= 0.3 is 0 Å². The van der Waals surface area contributed by atoms with Crippen LogP contribution in [0.4, 0.5) is 0 Å². The van der Waals surface area contributed by atoms with Crippen molar-refractivity contribution in [2.24, 2.45) is 0 Å². The molecule has 0 aliphatic carbocycles. The number of rotatable bonds is 6. The normalized spacial score (nSPS) is 11.9. The number of hydrogen-bond donors (Lipinski definition) is 0. The molecule has 0 saturated heterocycles. The second kappa shape index (κ2) is 14.5. The van der Waals surface area contributed by atoms with Gasteiger partial charge in [-0.2, -0.15) is 0 Å². The van der Waals surface area contributed by atoms with E-state index in [2.05, 4.69) is 240 Å². The molecule has 0 saturated carbocycles. The molecule has 0 radical (unpaired) electrons. The van der Waals surface area contributed by atoms with Gasteiger partial charge in [-0.1, -0.05) is 107 Å². The molecule has 4 heterocycles. The third-order valence-electron chi connectivity index (χ3n) is 13.4. The zero-order valence-corrected chi connectivity index (χ0v) is 37.2. The number of fused-ring (bicyclic) bond motifs is 8. The van der Waals surface area contributed by atoms with Crippen LogP contribution in [0.5, 0.6) is 0 Å². The van der Waals surface area contributed by atoms with Crippen LogP contribution in [0.25, 0.3) is 111 Å². The molecular weight excluding hydrogens is 805 g/mol. The Morgan fingerprint density at radius 2 is 0.606 bits per heavy atom. The van der Waals surface area contributed by atoms with Gasteiger partial charge in [0.05, 0.1) is 55.5 Å². The number of aryl methyl sites for hydroxylation is 4. The SMILES string of the molecule is Cc1ccc2c(c1)c1cc(C)ccc1n2-c1c(-c2nc3ccccc3n2-c2ccccc2)ccc(-c2nc3ccccc3n2-c2ccccc2)c1-n1c2ccc(C)cc2c2cc(C)ccc21. The first-order chi connectivity index (χ1) is 32.4. The van der Waals surface area contributed by atoms with E-state index >= 15 is 0 Å². The summed E-state index contributed by atoms with van der Waals surface area (Å²) in [6.07, 6.45) is 0. The van der Waals surface area contributed by atoms with E-state index in [9.17, 15) is 0 Å². The number of imidazole rings is 2. The summed E-state index contributed by atoms with van der Waals surface area (Å²) >= 11 is 0. The second-order valence-electron chi connectivity index (χ2n) is 17.8. The van der Waals surface area contributed by atoms with Crippen LogP contribution in [0.3, 0.4) is 0 Å². The molecule has 6 nitrogen and oxygen atoms in total. The summed E-state index contributed by atoms with van der Waals surface area (Å²) in [7, 11) is 0. The van der Waals surface area contributed by atoms with Gasteiger partial charge in [0.25, 0.3) is 0 Å². The molecule has 0 spiro atoms. The summed E-state index contributed by atoms with van der Waals surface area (Å²) in [6.45, 7) is 8.75. The van der Waals surface area contributed by atoms with Gasteiger partial charge < -0.3 is 9.13 Å². The minimum atomic E-state index is 0.850. The average Bonchev–Trinajstić information content (AvgIpc) is 4.09. The largest absolute Gasteiger partial charge is 0.306 e. The minimum absolute atomic E-state index is 0.850. The molecule has 0 atom stereocenters. The highest BCUT2D eigenvalue weighted by Gasteiger charge is 2.30. The van der Waals surface area contributed by atoms with E-state index in [1.165, 1.54) is 43.8 Å². The molecule has 314 valence electrons. The van der Waals surface area contributed by atoms with Crippen molar-refractivity contribution in [2.75, 3.05) is 0 Å². The van der Waals surface area contributed by atoms with Gasteiger partial charge in [-0.25, -0.2) is 9.97 Å². The molecule has 66 heavy (non-hydrogen) atoms. The van der Waals surface area contributed by atoms with Crippen LogP contribution in [0.2, 0.25) is 0 Å². The Morgan fingerprint density at radius 1 is 0.288 bits per heavy atom. The van der Waals surface area contributed by atoms with E-state index in [0.29, 0.717) is 0 Å². The molecule has 4 aromatic heterocycles. The smallest absolute Gasteiger partial charge is 0.147 e.